The van der Waals surface area contributed by atoms with Crippen LogP contribution in [0.1, 0.15) is 32.7 Å². The van der Waals surface area contributed by atoms with Crippen molar-refractivity contribution in [2.45, 2.75) is 38.8 Å². The fraction of sp³-hybridized carbons (Fsp3) is 0.471. The van der Waals surface area contributed by atoms with E-state index in [1.54, 1.807) is 20.2 Å². The summed E-state index contributed by atoms with van der Waals surface area (Å²) in [6.07, 6.45) is 6.01. The Labute approximate surface area is 169 Å². The van der Waals surface area contributed by atoms with Crippen LogP contribution < -0.4 is 16.0 Å². The molecule has 1 saturated carbocycles. The summed E-state index contributed by atoms with van der Waals surface area (Å²) >= 11 is 0. The maximum atomic E-state index is 11.7. The van der Waals surface area contributed by atoms with E-state index in [4.69, 9.17) is 0 Å². The van der Waals surface area contributed by atoms with Gasteiger partial charge in [0.2, 0.25) is 11.9 Å². The van der Waals surface area contributed by atoms with Crippen LogP contribution >= 0.6 is 13.5 Å². The van der Waals surface area contributed by atoms with Crippen molar-refractivity contribution in [1.82, 2.24) is 35.3 Å². The predicted molar refractivity (Wildman–Crippen MR) is 112 cm³/mol. The zero-order valence-corrected chi connectivity index (χ0v) is 17.0. The molecule has 0 radical (unpaired) electrons. The van der Waals surface area contributed by atoms with Crippen molar-refractivity contribution in [3.63, 3.8) is 0 Å². The van der Waals surface area contributed by atoms with Gasteiger partial charge >= 0.3 is 0 Å². The number of hydrogen-bond acceptors (Lipinski definition) is 7. The number of H-pyrrole nitrogens is 1. The Morgan fingerprint density at radius 2 is 2.11 bits per heavy atom. The lowest BCUT2D eigenvalue weighted by Crippen LogP contribution is -2.28. The summed E-state index contributed by atoms with van der Waals surface area (Å²) in [6, 6.07) is 1.86. The number of aromatic nitrogens is 6. The number of carbonyl (C=O) groups is 1. The molecule has 4 N–H and O–H groups in total. The van der Waals surface area contributed by atoms with Gasteiger partial charge in [-0.3, -0.25) is 4.79 Å². The van der Waals surface area contributed by atoms with Gasteiger partial charge in [0.1, 0.15) is 17.5 Å². The van der Waals surface area contributed by atoms with Gasteiger partial charge in [-0.05, 0) is 38.7 Å². The van der Waals surface area contributed by atoms with Gasteiger partial charge < -0.3 is 20.9 Å². The third kappa shape index (κ3) is 4.03. The lowest BCUT2D eigenvalue weighted by Gasteiger charge is -2.15. The predicted octanol–water partition coefficient (Wildman–Crippen LogP) is 1.92. The molecule has 4 rings (SSSR count). The molecule has 0 saturated heterocycles. The molecule has 10 nitrogen and oxygen atoms in total. The Morgan fingerprint density at radius 1 is 1.32 bits per heavy atom. The van der Waals surface area contributed by atoms with Crippen LogP contribution in [0.4, 0.5) is 17.6 Å². The van der Waals surface area contributed by atoms with Crippen molar-refractivity contribution in [2.75, 3.05) is 17.7 Å². The molecule has 3 heterocycles. The van der Waals surface area contributed by atoms with Crippen LogP contribution in [0.2, 0.25) is 0 Å². The van der Waals surface area contributed by atoms with Crippen LogP contribution in [0.5, 0.6) is 0 Å². The number of fused-ring (bicyclic) bond motifs is 1. The fourth-order valence-electron chi connectivity index (χ4n) is 3.00. The van der Waals surface area contributed by atoms with Gasteiger partial charge in [-0.2, -0.15) is 23.5 Å². The van der Waals surface area contributed by atoms with Gasteiger partial charge in [0.15, 0.2) is 5.82 Å². The highest BCUT2D eigenvalue weighted by molar-refractivity contribution is 7.59. The van der Waals surface area contributed by atoms with Crippen molar-refractivity contribution in [2.24, 2.45) is 5.92 Å². The Hall–Kier alpha value is -2.82. The smallest absolute Gasteiger partial charge is 0.244 e. The number of rotatable bonds is 7. The second kappa shape index (κ2) is 8.05. The third-order valence-electron chi connectivity index (χ3n) is 4.88. The van der Waals surface area contributed by atoms with E-state index in [1.165, 1.54) is 17.5 Å². The monoisotopic (exact) mass is 403 g/mol. The number of carbonyl (C=O) groups excluding carboxylic acids is 1. The zero-order valence-electron chi connectivity index (χ0n) is 16.0. The minimum atomic E-state index is -0.457. The van der Waals surface area contributed by atoms with Crippen LogP contribution in [0.3, 0.4) is 0 Å². The number of nitrogens with one attached hydrogen (secondary N) is 4. The summed E-state index contributed by atoms with van der Waals surface area (Å²) in [6.45, 7) is 3.93. The second-order valence-corrected chi connectivity index (χ2v) is 6.91. The highest BCUT2D eigenvalue weighted by Crippen LogP contribution is 2.34. The molecule has 0 aromatic carbocycles. The summed E-state index contributed by atoms with van der Waals surface area (Å²) in [5, 5.41) is 18.2. The molecule has 1 unspecified atom stereocenters. The first-order valence-corrected chi connectivity index (χ1v) is 9.07. The van der Waals surface area contributed by atoms with Crippen molar-refractivity contribution >= 4 is 48.0 Å². The first-order chi connectivity index (χ1) is 13.0. The summed E-state index contributed by atoms with van der Waals surface area (Å²) in [7, 11) is 1.59. The molecule has 150 valence electrons. The molecular formula is C17H25N9OS. The molecule has 3 aromatic heterocycles. The quantitative estimate of drug-likeness (QED) is 0.475. The highest BCUT2D eigenvalue weighted by Gasteiger charge is 2.28. The van der Waals surface area contributed by atoms with Crippen molar-refractivity contribution in [1.29, 1.82) is 0 Å². The lowest BCUT2D eigenvalue weighted by molar-refractivity contribution is -0.123. The molecule has 0 bridgehead atoms. The van der Waals surface area contributed by atoms with E-state index in [2.05, 4.69) is 48.1 Å². The molecule has 0 spiro atoms. The maximum Gasteiger partial charge on any atom is 0.244 e. The molecule has 1 fully saturated rings. The standard InChI is InChI=1S/C17H23N9O.H2S/c1-9(11-4-5-11)20-15-12-6-7-19-14(12)22-17(23-15)21-13-8-26(25-24-13)10(2)16(27)18-3;/h6-11H,4-5H2,1-3H3,(H,18,27)(H3,19,20,21,22,23);1H2/t9-,10?;/m0./s1. The Morgan fingerprint density at radius 3 is 2.82 bits per heavy atom. The van der Waals surface area contributed by atoms with Crippen molar-refractivity contribution in [3.05, 3.63) is 18.5 Å². The summed E-state index contributed by atoms with van der Waals surface area (Å²) in [4.78, 5) is 24.0. The topological polar surface area (TPSA) is 125 Å². The van der Waals surface area contributed by atoms with Crippen molar-refractivity contribution in [3.8, 4) is 0 Å². The first-order valence-electron chi connectivity index (χ1n) is 9.07. The van der Waals surface area contributed by atoms with Crippen molar-refractivity contribution < 1.29 is 4.79 Å². The number of aromatic amines is 1. The Balaban J connectivity index is 0.00000225. The second-order valence-electron chi connectivity index (χ2n) is 6.91. The highest BCUT2D eigenvalue weighted by atomic mass is 32.1. The number of nitrogens with zero attached hydrogens (tertiary/aromatic N) is 5. The molecule has 1 aliphatic carbocycles. The molecule has 2 atom stereocenters. The lowest BCUT2D eigenvalue weighted by atomic mass is 10.2. The Bertz CT molecular complexity index is 965. The van der Waals surface area contributed by atoms with Gasteiger partial charge in [-0.15, -0.1) is 5.10 Å². The van der Waals surface area contributed by atoms with E-state index in [-0.39, 0.29) is 19.4 Å². The summed E-state index contributed by atoms with van der Waals surface area (Å²) in [5.41, 5.74) is 0.740. The van der Waals surface area contributed by atoms with E-state index in [9.17, 15) is 4.79 Å². The van der Waals surface area contributed by atoms with Gasteiger partial charge in [0.25, 0.3) is 0 Å². The van der Waals surface area contributed by atoms with E-state index < -0.39 is 6.04 Å². The summed E-state index contributed by atoms with van der Waals surface area (Å²) in [5.74, 6) is 2.23. The largest absolute Gasteiger partial charge is 0.367 e. The van der Waals surface area contributed by atoms with E-state index >= 15 is 0 Å². The maximum absolute atomic E-state index is 11.7. The minimum Gasteiger partial charge on any atom is -0.367 e. The summed E-state index contributed by atoms with van der Waals surface area (Å²) < 4.78 is 1.49. The van der Waals surface area contributed by atoms with Gasteiger partial charge in [0, 0.05) is 19.3 Å². The molecule has 28 heavy (non-hydrogen) atoms. The number of likely N-dealkylation sites (N-methyl/N-ethyl adjacent to an activating group) is 1. The molecule has 3 aromatic rings. The third-order valence-corrected chi connectivity index (χ3v) is 4.88. The van der Waals surface area contributed by atoms with Crippen LogP contribution in [0.15, 0.2) is 18.5 Å². The SMILES string of the molecule is CNC(=O)C(C)n1cc(Nc2nc(N[C@@H](C)C3CC3)c3cc[nH]c3n2)nn1.S. The molecule has 1 aliphatic rings. The first kappa shape index (κ1) is 19.9. The fourth-order valence-corrected chi connectivity index (χ4v) is 3.00. The van der Waals surface area contributed by atoms with Crippen LogP contribution in [0.25, 0.3) is 11.0 Å². The number of anilines is 3. The van der Waals surface area contributed by atoms with Crippen LogP contribution in [-0.2, 0) is 4.79 Å². The normalized spacial score (nSPS) is 15.5. The zero-order chi connectivity index (χ0) is 19.0. The van der Waals surface area contributed by atoms with Crippen LogP contribution in [-0.4, -0.2) is 48.9 Å². The van der Waals surface area contributed by atoms with Gasteiger partial charge in [-0.1, -0.05) is 5.21 Å². The number of hydrogen-bond donors (Lipinski definition) is 4. The average molecular weight is 404 g/mol. The number of amides is 1. The van der Waals surface area contributed by atoms with E-state index in [0.717, 1.165) is 16.9 Å². The van der Waals surface area contributed by atoms with Crippen LogP contribution in [0, 0.1) is 5.92 Å². The molecule has 11 heteroatoms. The molecular weight excluding hydrogens is 378 g/mol. The van der Waals surface area contributed by atoms with Gasteiger partial charge in [-0.25, -0.2) is 4.68 Å². The average Bonchev–Trinajstić information content (AvgIpc) is 3.24. The van der Waals surface area contributed by atoms with E-state index in [0.29, 0.717) is 23.7 Å². The molecule has 0 aliphatic heterocycles. The minimum absolute atomic E-state index is 0. The molecule has 1 amide bonds. The Kier molecular flexibility index (Phi) is 5.73. The van der Waals surface area contributed by atoms with Gasteiger partial charge in [0.05, 0.1) is 11.6 Å². The van der Waals surface area contributed by atoms with E-state index in [1.807, 2.05) is 12.3 Å².